The zero-order valence-electron chi connectivity index (χ0n) is 12.2. The van der Waals surface area contributed by atoms with Crippen molar-refractivity contribution in [2.24, 2.45) is 5.41 Å². The highest BCUT2D eigenvalue weighted by atomic mass is 16.3. The lowest BCUT2D eigenvalue weighted by Crippen LogP contribution is -2.42. The highest BCUT2D eigenvalue weighted by Crippen LogP contribution is 2.16. The van der Waals surface area contributed by atoms with Crippen LogP contribution in [-0.4, -0.2) is 35.7 Å². The van der Waals surface area contributed by atoms with Crippen molar-refractivity contribution in [1.29, 1.82) is 0 Å². The number of carbonyl (C=O) groups excluding carboxylic acids is 1. The van der Waals surface area contributed by atoms with E-state index >= 15 is 0 Å². The SMILES string of the molecule is Cc1ccc(NC(=O)N(CCO)CC(C)(C)C)cc1. The molecule has 0 aliphatic carbocycles. The average molecular weight is 264 g/mol. The van der Waals surface area contributed by atoms with Gasteiger partial charge in [0.1, 0.15) is 0 Å². The second kappa shape index (κ2) is 6.57. The fourth-order valence-corrected chi connectivity index (χ4v) is 1.79. The van der Waals surface area contributed by atoms with Gasteiger partial charge in [0.2, 0.25) is 0 Å². The smallest absolute Gasteiger partial charge is 0.321 e. The Bertz CT molecular complexity index is 407. The number of carbonyl (C=O) groups is 1. The summed E-state index contributed by atoms with van der Waals surface area (Å²) < 4.78 is 0. The largest absolute Gasteiger partial charge is 0.395 e. The molecule has 2 N–H and O–H groups in total. The molecule has 0 aromatic heterocycles. The number of benzene rings is 1. The predicted molar refractivity (Wildman–Crippen MR) is 78.3 cm³/mol. The topological polar surface area (TPSA) is 52.6 Å². The van der Waals surface area contributed by atoms with Crippen LogP contribution >= 0.6 is 0 Å². The van der Waals surface area contributed by atoms with Gasteiger partial charge >= 0.3 is 6.03 Å². The van der Waals surface area contributed by atoms with E-state index < -0.39 is 0 Å². The number of hydrogen-bond donors (Lipinski definition) is 2. The van der Waals surface area contributed by atoms with E-state index in [1.54, 1.807) is 4.90 Å². The summed E-state index contributed by atoms with van der Waals surface area (Å²) in [6.45, 7) is 9.12. The highest BCUT2D eigenvalue weighted by Gasteiger charge is 2.20. The fourth-order valence-electron chi connectivity index (χ4n) is 1.79. The third-order valence-corrected chi connectivity index (χ3v) is 2.63. The average Bonchev–Trinajstić information content (AvgIpc) is 2.30. The van der Waals surface area contributed by atoms with Gasteiger partial charge in [-0.05, 0) is 24.5 Å². The molecule has 4 nitrogen and oxygen atoms in total. The normalized spacial score (nSPS) is 11.2. The van der Waals surface area contributed by atoms with Gasteiger partial charge in [0.15, 0.2) is 0 Å². The number of urea groups is 1. The summed E-state index contributed by atoms with van der Waals surface area (Å²) in [4.78, 5) is 13.8. The van der Waals surface area contributed by atoms with E-state index in [0.29, 0.717) is 13.1 Å². The lowest BCUT2D eigenvalue weighted by Gasteiger charge is -2.29. The molecular weight excluding hydrogens is 240 g/mol. The van der Waals surface area contributed by atoms with Gasteiger partial charge in [-0.3, -0.25) is 0 Å². The Labute approximate surface area is 115 Å². The molecule has 106 valence electrons. The number of rotatable bonds is 4. The van der Waals surface area contributed by atoms with E-state index in [9.17, 15) is 4.79 Å². The maximum absolute atomic E-state index is 12.2. The minimum absolute atomic E-state index is 0.000212. The first kappa shape index (κ1) is 15.5. The third-order valence-electron chi connectivity index (χ3n) is 2.63. The summed E-state index contributed by atoms with van der Waals surface area (Å²) in [6.07, 6.45) is 0. The Morgan fingerprint density at radius 2 is 1.84 bits per heavy atom. The molecule has 2 amide bonds. The van der Waals surface area contributed by atoms with Crippen LogP contribution in [-0.2, 0) is 0 Å². The summed E-state index contributed by atoms with van der Waals surface area (Å²) >= 11 is 0. The number of aryl methyl sites for hydroxylation is 1. The van der Waals surface area contributed by atoms with Crippen LogP contribution in [0.25, 0.3) is 0 Å². The Kier molecular flexibility index (Phi) is 5.36. The van der Waals surface area contributed by atoms with Crippen molar-refractivity contribution in [1.82, 2.24) is 4.90 Å². The molecular formula is C15H24N2O2. The maximum Gasteiger partial charge on any atom is 0.321 e. The maximum atomic E-state index is 12.2. The molecule has 0 unspecified atom stereocenters. The molecule has 19 heavy (non-hydrogen) atoms. The third kappa shape index (κ3) is 5.75. The number of anilines is 1. The number of aliphatic hydroxyl groups is 1. The second-order valence-corrected chi connectivity index (χ2v) is 6.00. The molecule has 1 aromatic carbocycles. The van der Waals surface area contributed by atoms with Crippen LogP contribution in [0.2, 0.25) is 0 Å². The van der Waals surface area contributed by atoms with E-state index in [1.807, 2.05) is 31.2 Å². The van der Waals surface area contributed by atoms with Gasteiger partial charge in [-0.15, -0.1) is 0 Å². The molecule has 0 saturated heterocycles. The van der Waals surface area contributed by atoms with Crippen molar-refractivity contribution in [3.05, 3.63) is 29.8 Å². The molecule has 0 radical (unpaired) electrons. The molecule has 4 heteroatoms. The fraction of sp³-hybridized carbons (Fsp3) is 0.533. The van der Waals surface area contributed by atoms with Gasteiger partial charge < -0.3 is 15.3 Å². The van der Waals surface area contributed by atoms with Gasteiger partial charge in [0.25, 0.3) is 0 Å². The van der Waals surface area contributed by atoms with Crippen molar-refractivity contribution in [2.45, 2.75) is 27.7 Å². The summed E-state index contributed by atoms with van der Waals surface area (Å²) in [5.74, 6) is 0. The van der Waals surface area contributed by atoms with Gasteiger partial charge in [-0.2, -0.15) is 0 Å². The van der Waals surface area contributed by atoms with E-state index in [2.05, 4.69) is 26.1 Å². The zero-order valence-corrected chi connectivity index (χ0v) is 12.2. The van der Waals surface area contributed by atoms with Crippen molar-refractivity contribution in [2.75, 3.05) is 25.0 Å². The minimum Gasteiger partial charge on any atom is -0.395 e. The number of amides is 2. The van der Waals surface area contributed by atoms with Crippen molar-refractivity contribution >= 4 is 11.7 Å². The van der Waals surface area contributed by atoms with Gasteiger partial charge in [-0.1, -0.05) is 38.5 Å². The van der Waals surface area contributed by atoms with Crippen molar-refractivity contribution < 1.29 is 9.90 Å². The zero-order chi connectivity index (χ0) is 14.5. The molecule has 0 heterocycles. The summed E-state index contributed by atoms with van der Waals surface area (Å²) in [7, 11) is 0. The number of aliphatic hydroxyl groups excluding tert-OH is 1. The number of hydrogen-bond acceptors (Lipinski definition) is 2. The van der Waals surface area contributed by atoms with E-state index in [1.165, 1.54) is 0 Å². The minimum atomic E-state index is -0.173. The Balaban J connectivity index is 2.68. The van der Waals surface area contributed by atoms with Crippen molar-refractivity contribution in [3.63, 3.8) is 0 Å². The first-order valence-electron chi connectivity index (χ1n) is 6.55. The first-order valence-corrected chi connectivity index (χ1v) is 6.55. The summed E-state index contributed by atoms with van der Waals surface area (Å²) in [6, 6.07) is 7.49. The molecule has 1 aromatic rings. The van der Waals surface area contributed by atoms with E-state index in [4.69, 9.17) is 5.11 Å². The molecule has 0 aliphatic heterocycles. The monoisotopic (exact) mass is 264 g/mol. The molecule has 0 spiro atoms. The lowest BCUT2D eigenvalue weighted by atomic mass is 9.96. The van der Waals surface area contributed by atoms with Crippen LogP contribution in [0.3, 0.4) is 0 Å². The van der Waals surface area contributed by atoms with E-state index in [0.717, 1.165) is 11.3 Å². The molecule has 0 saturated carbocycles. The lowest BCUT2D eigenvalue weighted by molar-refractivity contribution is 0.162. The molecule has 1 rings (SSSR count). The quantitative estimate of drug-likeness (QED) is 0.878. The molecule has 0 aliphatic rings. The Morgan fingerprint density at radius 3 is 2.32 bits per heavy atom. The second-order valence-electron chi connectivity index (χ2n) is 6.00. The highest BCUT2D eigenvalue weighted by molar-refractivity contribution is 5.89. The number of nitrogens with zero attached hydrogens (tertiary/aromatic N) is 1. The van der Waals surface area contributed by atoms with Crippen LogP contribution in [0, 0.1) is 12.3 Å². The van der Waals surface area contributed by atoms with Crippen LogP contribution in [0.1, 0.15) is 26.3 Å². The van der Waals surface area contributed by atoms with Gasteiger partial charge in [-0.25, -0.2) is 4.79 Å². The van der Waals surface area contributed by atoms with Crippen LogP contribution in [0.15, 0.2) is 24.3 Å². The molecule has 0 fully saturated rings. The van der Waals surface area contributed by atoms with Crippen LogP contribution in [0.5, 0.6) is 0 Å². The van der Waals surface area contributed by atoms with Crippen molar-refractivity contribution in [3.8, 4) is 0 Å². The standard InChI is InChI=1S/C15H24N2O2/c1-12-5-7-13(8-6-12)16-14(19)17(9-10-18)11-15(2,3)4/h5-8,18H,9-11H2,1-4H3,(H,16,19). The van der Waals surface area contributed by atoms with Gasteiger partial charge in [0, 0.05) is 18.8 Å². The first-order chi connectivity index (χ1) is 8.81. The summed E-state index contributed by atoms with van der Waals surface area (Å²) in [5, 5.41) is 11.9. The Morgan fingerprint density at radius 1 is 1.26 bits per heavy atom. The summed E-state index contributed by atoms with van der Waals surface area (Å²) in [5.41, 5.74) is 1.92. The Hall–Kier alpha value is -1.55. The van der Waals surface area contributed by atoms with Crippen LogP contribution < -0.4 is 5.32 Å². The number of nitrogens with one attached hydrogen (secondary N) is 1. The predicted octanol–water partition coefficient (Wildman–Crippen LogP) is 2.87. The van der Waals surface area contributed by atoms with Gasteiger partial charge in [0.05, 0.1) is 6.61 Å². The molecule has 0 bridgehead atoms. The van der Waals surface area contributed by atoms with E-state index in [-0.39, 0.29) is 18.1 Å². The van der Waals surface area contributed by atoms with Crippen LogP contribution in [0.4, 0.5) is 10.5 Å². The molecule has 0 atom stereocenters.